The van der Waals surface area contributed by atoms with Crippen molar-refractivity contribution in [3.8, 4) is 5.75 Å². The van der Waals surface area contributed by atoms with Crippen molar-refractivity contribution in [1.82, 2.24) is 5.32 Å². The summed E-state index contributed by atoms with van der Waals surface area (Å²) in [5.74, 6) is -1.03. The molecule has 1 amide bonds. The molecular weight excluding hydrogens is 173 g/mol. The summed E-state index contributed by atoms with van der Waals surface area (Å²) < 4.78 is 18.0. The number of carbonyl (C=O) groups excluding carboxylic acids is 1. The highest BCUT2D eigenvalue weighted by molar-refractivity contribution is 5.94. The van der Waals surface area contributed by atoms with Gasteiger partial charge < -0.3 is 10.1 Å². The Balaban J connectivity index is 3.15. The third-order valence-corrected chi connectivity index (χ3v) is 1.65. The maximum Gasteiger partial charge on any atom is 0.254 e. The van der Waals surface area contributed by atoms with Crippen molar-refractivity contribution in [3.63, 3.8) is 0 Å². The van der Waals surface area contributed by atoms with E-state index in [1.165, 1.54) is 26.3 Å². The normalized spacial score (nSPS) is 9.46. The fraction of sp³-hybridized carbons (Fsp3) is 0.222. The smallest absolute Gasteiger partial charge is 0.254 e. The van der Waals surface area contributed by atoms with Gasteiger partial charge in [0, 0.05) is 7.05 Å². The highest BCUT2D eigenvalue weighted by atomic mass is 19.1. The zero-order valence-electron chi connectivity index (χ0n) is 7.43. The topological polar surface area (TPSA) is 38.3 Å². The molecule has 0 aromatic heterocycles. The van der Waals surface area contributed by atoms with Crippen LogP contribution in [0.3, 0.4) is 0 Å². The standard InChI is InChI=1S/C9H10FNO2/c1-11-9(12)6-4-3-5-7(13-2)8(6)10/h3-5H,1-2H3,(H,11,12). The molecular formula is C9H10FNO2. The molecule has 13 heavy (non-hydrogen) atoms. The van der Waals surface area contributed by atoms with E-state index in [9.17, 15) is 9.18 Å². The van der Waals surface area contributed by atoms with Gasteiger partial charge in [-0.05, 0) is 12.1 Å². The van der Waals surface area contributed by atoms with Crippen LogP contribution in [0.25, 0.3) is 0 Å². The van der Waals surface area contributed by atoms with Crippen LogP contribution in [0.1, 0.15) is 10.4 Å². The lowest BCUT2D eigenvalue weighted by molar-refractivity contribution is 0.0958. The van der Waals surface area contributed by atoms with Gasteiger partial charge in [0.15, 0.2) is 11.6 Å². The number of halogens is 1. The molecule has 0 aliphatic heterocycles. The molecule has 0 bridgehead atoms. The molecule has 0 fully saturated rings. The lowest BCUT2D eigenvalue weighted by Gasteiger charge is -2.05. The third-order valence-electron chi connectivity index (χ3n) is 1.65. The van der Waals surface area contributed by atoms with Crippen LogP contribution in [0.5, 0.6) is 5.75 Å². The van der Waals surface area contributed by atoms with Crippen LogP contribution < -0.4 is 10.1 Å². The quantitative estimate of drug-likeness (QED) is 0.748. The Morgan fingerprint density at radius 3 is 2.77 bits per heavy atom. The molecule has 3 nitrogen and oxygen atoms in total. The van der Waals surface area contributed by atoms with Crippen LogP contribution in [0, 0.1) is 5.82 Å². The number of methoxy groups -OCH3 is 1. The molecule has 0 aliphatic carbocycles. The number of hydrogen-bond acceptors (Lipinski definition) is 2. The second kappa shape index (κ2) is 3.89. The molecule has 0 aliphatic rings. The van der Waals surface area contributed by atoms with E-state index in [2.05, 4.69) is 5.32 Å². The summed E-state index contributed by atoms with van der Waals surface area (Å²) in [6.07, 6.45) is 0. The summed E-state index contributed by atoms with van der Waals surface area (Å²) in [5.41, 5.74) is -0.0122. The second-order valence-corrected chi connectivity index (χ2v) is 2.40. The largest absolute Gasteiger partial charge is 0.494 e. The van der Waals surface area contributed by atoms with Crippen molar-refractivity contribution in [2.75, 3.05) is 14.2 Å². The van der Waals surface area contributed by atoms with E-state index in [1.807, 2.05) is 0 Å². The molecule has 1 aromatic rings. The van der Waals surface area contributed by atoms with E-state index in [4.69, 9.17) is 4.74 Å². The van der Waals surface area contributed by atoms with Gasteiger partial charge in [0.05, 0.1) is 12.7 Å². The second-order valence-electron chi connectivity index (χ2n) is 2.40. The Hall–Kier alpha value is -1.58. The predicted octanol–water partition coefficient (Wildman–Crippen LogP) is 1.19. The summed E-state index contributed by atoms with van der Waals surface area (Å²) in [5, 5.41) is 2.34. The van der Waals surface area contributed by atoms with E-state index in [0.29, 0.717) is 0 Å². The van der Waals surface area contributed by atoms with Crippen molar-refractivity contribution in [3.05, 3.63) is 29.6 Å². The maximum atomic E-state index is 13.3. The van der Waals surface area contributed by atoms with E-state index in [0.717, 1.165) is 0 Å². The van der Waals surface area contributed by atoms with Crippen LogP contribution >= 0.6 is 0 Å². The van der Waals surface area contributed by atoms with Gasteiger partial charge in [0.25, 0.3) is 5.91 Å². The molecule has 0 atom stereocenters. The number of rotatable bonds is 2. The van der Waals surface area contributed by atoms with Crippen molar-refractivity contribution >= 4 is 5.91 Å². The first-order chi connectivity index (χ1) is 6.20. The zero-order valence-corrected chi connectivity index (χ0v) is 7.43. The molecule has 70 valence electrons. The third kappa shape index (κ3) is 1.77. The number of nitrogens with one attached hydrogen (secondary N) is 1. The first kappa shape index (κ1) is 9.51. The van der Waals surface area contributed by atoms with Crippen LogP contribution in [0.4, 0.5) is 4.39 Å². The van der Waals surface area contributed by atoms with Gasteiger partial charge in [-0.15, -0.1) is 0 Å². The Morgan fingerprint density at radius 1 is 1.54 bits per heavy atom. The van der Waals surface area contributed by atoms with E-state index in [1.54, 1.807) is 6.07 Å². The molecule has 1 N–H and O–H groups in total. The average Bonchev–Trinajstić information content (AvgIpc) is 2.17. The molecule has 0 unspecified atom stereocenters. The summed E-state index contributed by atoms with van der Waals surface area (Å²) in [4.78, 5) is 11.1. The first-order valence-electron chi connectivity index (χ1n) is 3.75. The molecule has 0 heterocycles. The highest BCUT2D eigenvalue weighted by Crippen LogP contribution is 2.19. The maximum absolute atomic E-state index is 13.3. The van der Waals surface area contributed by atoms with Gasteiger partial charge in [-0.2, -0.15) is 0 Å². The fourth-order valence-corrected chi connectivity index (χ4v) is 0.978. The minimum Gasteiger partial charge on any atom is -0.494 e. The van der Waals surface area contributed by atoms with Gasteiger partial charge in [-0.3, -0.25) is 4.79 Å². The number of carbonyl (C=O) groups is 1. The Morgan fingerprint density at radius 2 is 2.23 bits per heavy atom. The summed E-state index contributed by atoms with van der Waals surface area (Å²) in [7, 11) is 2.80. The molecule has 1 aromatic carbocycles. The number of hydrogen-bond donors (Lipinski definition) is 1. The Labute approximate surface area is 75.5 Å². The first-order valence-corrected chi connectivity index (χ1v) is 3.75. The molecule has 0 spiro atoms. The van der Waals surface area contributed by atoms with Gasteiger partial charge >= 0.3 is 0 Å². The molecule has 1 rings (SSSR count). The van der Waals surface area contributed by atoms with Crippen LogP contribution in [-0.2, 0) is 0 Å². The van der Waals surface area contributed by atoms with Crippen LogP contribution in [0.15, 0.2) is 18.2 Å². The zero-order chi connectivity index (χ0) is 9.84. The number of amides is 1. The van der Waals surface area contributed by atoms with Gasteiger partial charge in [0.1, 0.15) is 0 Å². The van der Waals surface area contributed by atoms with Crippen molar-refractivity contribution < 1.29 is 13.9 Å². The van der Waals surface area contributed by atoms with Gasteiger partial charge in [-0.1, -0.05) is 6.07 Å². The van der Waals surface area contributed by atoms with E-state index < -0.39 is 11.7 Å². The van der Waals surface area contributed by atoms with Crippen molar-refractivity contribution in [2.24, 2.45) is 0 Å². The molecule has 0 radical (unpaired) electrons. The van der Waals surface area contributed by atoms with E-state index >= 15 is 0 Å². The SMILES string of the molecule is CNC(=O)c1cccc(OC)c1F. The number of ether oxygens (including phenoxy) is 1. The van der Waals surface area contributed by atoms with Gasteiger partial charge in [0.2, 0.25) is 0 Å². The molecule has 4 heteroatoms. The summed E-state index contributed by atoms with van der Waals surface area (Å²) >= 11 is 0. The minimum absolute atomic E-state index is 0.0122. The van der Waals surface area contributed by atoms with E-state index in [-0.39, 0.29) is 11.3 Å². The summed E-state index contributed by atoms with van der Waals surface area (Å²) in [6.45, 7) is 0. The van der Waals surface area contributed by atoms with Gasteiger partial charge in [-0.25, -0.2) is 4.39 Å². The lowest BCUT2D eigenvalue weighted by atomic mass is 10.2. The van der Waals surface area contributed by atoms with Crippen LogP contribution in [-0.4, -0.2) is 20.1 Å². The van der Waals surface area contributed by atoms with Crippen molar-refractivity contribution in [1.29, 1.82) is 0 Å². The Bertz CT molecular complexity index is 325. The lowest BCUT2D eigenvalue weighted by Crippen LogP contribution is -2.19. The number of benzene rings is 1. The molecule has 0 saturated carbocycles. The summed E-state index contributed by atoms with van der Waals surface area (Å²) in [6, 6.07) is 4.42. The average molecular weight is 183 g/mol. The minimum atomic E-state index is -0.635. The Kier molecular flexibility index (Phi) is 2.84. The fourth-order valence-electron chi connectivity index (χ4n) is 0.978. The van der Waals surface area contributed by atoms with Crippen LogP contribution in [0.2, 0.25) is 0 Å². The monoisotopic (exact) mass is 183 g/mol. The predicted molar refractivity (Wildman–Crippen MR) is 46.3 cm³/mol. The molecule has 0 saturated heterocycles. The highest BCUT2D eigenvalue weighted by Gasteiger charge is 2.13. The van der Waals surface area contributed by atoms with Crippen molar-refractivity contribution in [2.45, 2.75) is 0 Å².